The zero-order valence-electron chi connectivity index (χ0n) is 11.8. The number of hydrogen-bond acceptors (Lipinski definition) is 2. The third kappa shape index (κ3) is 2.85. The van der Waals surface area contributed by atoms with E-state index in [-0.39, 0.29) is 5.41 Å². The molecule has 0 radical (unpaired) electrons. The Kier molecular flexibility index (Phi) is 3.90. The standard InChI is InChI=1S/C17H25NO/c19-14-17(9-3-4-10-17)13-18-11-7-15-5-1-2-6-16(15)8-12-18/h1-2,5-6,19H,3-4,7-14H2. The number of benzene rings is 1. The van der Waals surface area contributed by atoms with Crippen molar-refractivity contribution in [3.8, 4) is 0 Å². The number of aliphatic hydroxyl groups is 1. The number of aliphatic hydroxyl groups excluding tert-OH is 1. The lowest BCUT2D eigenvalue weighted by molar-refractivity contribution is 0.0801. The van der Waals surface area contributed by atoms with Gasteiger partial charge in [-0.2, -0.15) is 0 Å². The lowest BCUT2D eigenvalue weighted by Gasteiger charge is -2.33. The second kappa shape index (κ2) is 5.64. The molecule has 2 aliphatic rings. The summed E-state index contributed by atoms with van der Waals surface area (Å²) in [5, 5.41) is 9.76. The molecule has 0 atom stereocenters. The van der Waals surface area contributed by atoms with Crippen molar-refractivity contribution in [2.24, 2.45) is 5.41 Å². The predicted octanol–water partition coefficient (Wildman–Crippen LogP) is 2.64. The van der Waals surface area contributed by atoms with E-state index in [0.717, 1.165) is 32.5 Å². The number of rotatable bonds is 3. The summed E-state index contributed by atoms with van der Waals surface area (Å²) in [6, 6.07) is 8.85. The van der Waals surface area contributed by atoms with E-state index in [4.69, 9.17) is 0 Å². The van der Waals surface area contributed by atoms with E-state index in [1.807, 2.05) is 0 Å². The third-order valence-corrected chi connectivity index (χ3v) is 5.07. The van der Waals surface area contributed by atoms with E-state index < -0.39 is 0 Å². The van der Waals surface area contributed by atoms with Crippen LogP contribution in [-0.2, 0) is 12.8 Å². The Balaban J connectivity index is 1.65. The van der Waals surface area contributed by atoms with Gasteiger partial charge < -0.3 is 10.0 Å². The molecule has 104 valence electrons. The van der Waals surface area contributed by atoms with Crippen LogP contribution in [0.5, 0.6) is 0 Å². The van der Waals surface area contributed by atoms with E-state index in [0.29, 0.717) is 6.61 Å². The molecule has 1 fully saturated rings. The molecule has 1 aliphatic heterocycles. The normalized spacial score (nSPS) is 23.0. The molecule has 1 saturated carbocycles. The average molecular weight is 259 g/mol. The fourth-order valence-electron chi connectivity index (χ4n) is 3.84. The Labute approximate surface area is 116 Å². The molecule has 3 rings (SSSR count). The van der Waals surface area contributed by atoms with Crippen LogP contribution in [0.3, 0.4) is 0 Å². The minimum atomic E-state index is 0.205. The number of hydrogen-bond donors (Lipinski definition) is 1. The SMILES string of the molecule is OCC1(CN2CCc3ccccc3CC2)CCCC1. The fourth-order valence-corrected chi connectivity index (χ4v) is 3.84. The van der Waals surface area contributed by atoms with Crippen LogP contribution in [0.15, 0.2) is 24.3 Å². The van der Waals surface area contributed by atoms with Gasteiger partial charge in [-0.1, -0.05) is 37.1 Å². The fraction of sp³-hybridized carbons (Fsp3) is 0.647. The van der Waals surface area contributed by atoms with Gasteiger partial charge in [0.2, 0.25) is 0 Å². The minimum absolute atomic E-state index is 0.205. The summed E-state index contributed by atoms with van der Waals surface area (Å²) < 4.78 is 0. The Hall–Kier alpha value is -0.860. The molecule has 1 aliphatic carbocycles. The van der Waals surface area contributed by atoms with Crippen LogP contribution in [-0.4, -0.2) is 36.2 Å². The van der Waals surface area contributed by atoms with E-state index >= 15 is 0 Å². The summed E-state index contributed by atoms with van der Waals surface area (Å²) in [5.41, 5.74) is 3.25. The molecular weight excluding hydrogens is 234 g/mol. The highest BCUT2D eigenvalue weighted by molar-refractivity contribution is 5.28. The predicted molar refractivity (Wildman–Crippen MR) is 78.3 cm³/mol. The van der Waals surface area contributed by atoms with E-state index in [1.165, 1.54) is 36.8 Å². The van der Waals surface area contributed by atoms with E-state index in [2.05, 4.69) is 29.2 Å². The minimum Gasteiger partial charge on any atom is -0.396 e. The summed E-state index contributed by atoms with van der Waals surface area (Å²) in [7, 11) is 0. The highest BCUT2D eigenvalue weighted by Gasteiger charge is 2.35. The maximum atomic E-state index is 9.76. The van der Waals surface area contributed by atoms with Crippen molar-refractivity contribution in [2.75, 3.05) is 26.2 Å². The number of fused-ring (bicyclic) bond motifs is 1. The van der Waals surface area contributed by atoms with E-state index in [1.54, 1.807) is 0 Å². The van der Waals surface area contributed by atoms with Crippen LogP contribution < -0.4 is 0 Å². The van der Waals surface area contributed by atoms with Crippen LogP contribution in [0.4, 0.5) is 0 Å². The molecule has 2 nitrogen and oxygen atoms in total. The number of nitrogens with zero attached hydrogens (tertiary/aromatic N) is 1. The van der Waals surface area contributed by atoms with Gasteiger partial charge in [0.05, 0.1) is 0 Å². The van der Waals surface area contributed by atoms with Gasteiger partial charge in [0, 0.05) is 31.7 Å². The summed E-state index contributed by atoms with van der Waals surface area (Å²) in [6.45, 7) is 3.77. The van der Waals surface area contributed by atoms with Crippen molar-refractivity contribution in [3.63, 3.8) is 0 Å². The first-order valence-electron chi connectivity index (χ1n) is 7.71. The van der Waals surface area contributed by atoms with Gasteiger partial charge in [0.1, 0.15) is 0 Å². The van der Waals surface area contributed by atoms with Crippen LogP contribution in [0, 0.1) is 5.41 Å². The topological polar surface area (TPSA) is 23.5 Å². The average Bonchev–Trinajstić information content (AvgIpc) is 2.82. The summed E-state index contributed by atoms with van der Waals surface area (Å²) in [6.07, 6.45) is 7.36. The first-order chi connectivity index (χ1) is 9.31. The van der Waals surface area contributed by atoms with Gasteiger partial charge in [-0.15, -0.1) is 0 Å². The zero-order valence-corrected chi connectivity index (χ0v) is 11.8. The molecule has 0 aromatic heterocycles. The molecule has 1 aromatic rings. The van der Waals surface area contributed by atoms with Crippen LogP contribution >= 0.6 is 0 Å². The first kappa shape index (κ1) is 13.1. The molecule has 2 heteroatoms. The molecule has 1 heterocycles. The smallest absolute Gasteiger partial charge is 0.0499 e. The lowest BCUT2D eigenvalue weighted by Crippen LogP contribution is -2.39. The summed E-state index contributed by atoms with van der Waals surface area (Å²) in [4.78, 5) is 2.58. The van der Waals surface area contributed by atoms with Gasteiger partial charge in [-0.3, -0.25) is 0 Å². The zero-order chi connectivity index (χ0) is 13.1. The molecule has 0 unspecified atom stereocenters. The van der Waals surface area contributed by atoms with Gasteiger partial charge in [-0.05, 0) is 36.8 Å². The Bertz CT molecular complexity index is 396. The highest BCUT2D eigenvalue weighted by atomic mass is 16.3. The summed E-state index contributed by atoms with van der Waals surface area (Å²) >= 11 is 0. The molecule has 1 aromatic carbocycles. The monoisotopic (exact) mass is 259 g/mol. The van der Waals surface area contributed by atoms with Crippen molar-refractivity contribution in [1.29, 1.82) is 0 Å². The summed E-state index contributed by atoms with van der Waals surface area (Å²) in [5.74, 6) is 0. The second-order valence-corrected chi connectivity index (χ2v) is 6.41. The van der Waals surface area contributed by atoms with Crippen LogP contribution in [0.25, 0.3) is 0 Å². The molecule has 0 amide bonds. The third-order valence-electron chi connectivity index (χ3n) is 5.07. The van der Waals surface area contributed by atoms with Crippen molar-refractivity contribution in [3.05, 3.63) is 35.4 Å². The van der Waals surface area contributed by atoms with Crippen molar-refractivity contribution in [2.45, 2.75) is 38.5 Å². The van der Waals surface area contributed by atoms with Gasteiger partial charge in [-0.25, -0.2) is 0 Å². The molecule has 1 N–H and O–H groups in total. The molecule has 0 spiro atoms. The van der Waals surface area contributed by atoms with Gasteiger partial charge in [0.15, 0.2) is 0 Å². The quantitative estimate of drug-likeness (QED) is 0.902. The maximum absolute atomic E-state index is 9.76. The molecular formula is C17H25NO. The van der Waals surface area contributed by atoms with Crippen molar-refractivity contribution < 1.29 is 5.11 Å². The maximum Gasteiger partial charge on any atom is 0.0499 e. The van der Waals surface area contributed by atoms with Gasteiger partial charge >= 0.3 is 0 Å². The Morgan fingerprint density at radius 3 is 2.11 bits per heavy atom. The Morgan fingerprint density at radius 1 is 1.00 bits per heavy atom. The highest BCUT2D eigenvalue weighted by Crippen LogP contribution is 2.38. The van der Waals surface area contributed by atoms with Crippen molar-refractivity contribution >= 4 is 0 Å². The van der Waals surface area contributed by atoms with Crippen LogP contribution in [0.2, 0.25) is 0 Å². The van der Waals surface area contributed by atoms with Crippen molar-refractivity contribution in [1.82, 2.24) is 4.90 Å². The van der Waals surface area contributed by atoms with Crippen LogP contribution in [0.1, 0.15) is 36.8 Å². The first-order valence-corrected chi connectivity index (χ1v) is 7.71. The molecule has 19 heavy (non-hydrogen) atoms. The Morgan fingerprint density at radius 2 is 1.58 bits per heavy atom. The second-order valence-electron chi connectivity index (χ2n) is 6.41. The largest absolute Gasteiger partial charge is 0.396 e. The lowest BCUT2D eigenvalue weighted by atomic mass is 9.86. The molecule has 0 saturated heterocycles. The molecule has 0 bridgehead atoms. The van der Waals surface area contributed by atoms with Gasteiger partial charge in [0.25, 0.3) is 0 Å². The van der Waals surface area contributed by atoms with E-state index in [9.17, 15) is 5.11 Å².